The minimum absolute atomic E-state index is 0.667. The zero-order chi connectivity index (χ0) is 13.2. The van der Waals surface area contributed by atoms with Crippen LogP contribution in [-0.2, 0) is 6.42 Å². The second kappa shape index (κ2) is 8.29. The molecule has 2 heteroatoms. The summed E-state index contributed by atoms with van der Waals surface area (Å²) in [5.74, 6) is 0.918. The maximum atomic E-state index is 5.62. The van der Waals surface area contributed by atoms with Crippen LogP contribution in [0.3, 0.4) is 0 Å². The third-order valence-corrected chi connectivity index (χ3v) is 2.37. The lowest BCUT2D eigenvalue weighted by Gasteiger charge is -2.05. The highest BCUT2D eigenvalue weighted by Crippen LogP contribution is 2.11. The van der Waals surface area contributed by atoms with Crippen LogP contribution in [0.15, 0.2) is 48.7 Å². The molecule has 0 aliphatic heterocycles. The number of hydrogen-bond donors (Lipinski definition) is 0. The zero-order valence-corrected chi connectivity index (χ0v) is 11.4. The van der Waals surface area contributed by atoms with Crippen LogP contribution in [0.5, 0.6) is 5.75 Å². The summed E-state index contributed by atoms with van der Waals surface area (Å²) < 4.78 is 5.62. The van der Waals surface area contributed by atoms with Crippen LogP contribution in [0.1, 0.15) is 25.1 Å². The Labute approximate surface area is 110 Å². The van der Waals surface area contributed by atoms with Gasteiger partial charge in [0.25, 0.3) is 0 Å². The van der Waals surface area contributed by atoms with E-state index in [-0.39, 0.29) is 0 Å². The van der Waals surface area contributed by atoms with E-state index in [1.807, 2.05) is 44.2 Å². The first-order valence-corrected chi connectivity index (χ1v) is 6.44. The molecule has 1 aromatic heterocycles. The second-order valence-corrected chi connectivity index (χ2v) is 3.73. The van der Waals surface area contributed by atoms with Gasteiger partial charge in [-0.05, 0) is 31.2 Å². The van der Waals surface area contributed by atoms with Gasteiger partial charge in [-0.3, -0.25) is 4.98 Å². The lowest BCUT2D eigenvalue weighted by Crippen LogP contribution is -2.02. The van der Waals surface area contributed by atoms with Gasteiger partial charge in [0.1, 0.15) is 5.75 Å². The Morgan fingerprint density at radius 3 is 2.33 bits per heavy atom. The number of ether oxygens (including phenoxy) is 1. The van der Waals surface area contributed by atoms with Crippen LogP contribution in [0, 0.1) is 6.92 Å². The first-order valence-electron chi connectivity index (χ1n) is 6.44. The minimum Gasteiger partial charge on any atom is -0.493 e. The van der Waals surface area contributed by atoms with Gasteiger partial charge in [-0.1, -0.05) is 37.6 Å². The molecule has 0 spiro atoms. The number of hydrogen-bond acceptors (Lipinski definition) is 2. The zero-order valence-electron chi connectivity index (χ0n) is 11.4. The van der Waals surface area contributed by atoms with Crippen molar-refractivity contribution in [1.29, 1.82) is 0 Å². The van der Waals surface area contributed by atoms with Crippen LogP contribution >= 0.6 is 0 Å². The van der Waals surface area contributed by atoms with Gasteiger partial charge in [0.15, 0.2) is 0 Å². The molecule has 0 radical (unpaired) electrons. The molecule has 0 saturated heterocycles. The highest BCUT2D eigenvalue weighted by molar-refractivity contribution is 5.26. The third kappa shape index (κ3) is 5.00. The van der Waals surface area contributed by atoms with Crippen molar-refractivity contribution in [3.63, 3.8) is 0 Å². The predicted molar refractivity (Wildman–Crippen MR) is 76.0 cm³/mol. The average molecular weight is 243 g/mol. The van der Waals surface area contributed by atoms with E-state index in [0.29, 0.717) is 6.61 Å². The normalized spacial score (nSPS) is 9.28. The molecule has 1 heterocycles. The predicted octanol–water partition coefficient (Wildman–Crippen LogP) is 4.04. The molecular formula is C16H21NO. The average Bonchev–Trinajstić information content (AvgIpc) is 2.44. The van der Waals surface area contributed by atoms with E-state index in [1.54, 1.807) is 6.20 Å². The Balaban J connectivity index is 0.000000771. The van der Waals surface area contributed by atoms with Gasteiger partial charge >= 0.3 is 0 Å². The SMILES string of the molecule is CC.Cc1ccc(OCCc2ccccn2)cc1. The number of aryl methyl sites for hydroxylation is 1. The highest BCUT2D eigenvalue weighted by Gasteiger charge is 1.95. The van der Waals surface area contributed by atoms with Crippen LogP contribution in [0.2, 0.25) is 0 Å². The van der Waals surface area contributed by atoms with Gasteiger partial charge in [-0.25, -0.2) is 0 Å². The van der Waals surface area contributed by atoms with E-state index in [2.05, 4.69) is 24.0 Å². The van der Waals surface area contributed by atoms with Crippen LogP contribution in [-0.4, -0.2) is 11.6 Å². The van der Waals surface area contributed by atoms with Crippen molar-refractivity contribution in [3.05, 3.63) is 59.9 Å². The van der Waals surface area contributed by atoms with Crippen molar-refractivity contribution >= 4 is 0 Å². The molecule has 0 saturated carbocycles. The summed E-state index contributed by atoms with van der Waals surface area (Å²) in [6.45, 7) is 6.73. The molecule has 1 aromatic carbocycles. The Morgan fingerprint density at radius 2 is 1.72 bits per heavy atom. The fourth-order valence-electron chi connectivity index (χ4n) is 1.45. The molecule has 0 aliphatic rings. The van der Waals surface area contributed by atoms with Gasteiger partial charge in [0.2, 0.25) is 0 Å². The van der Waals surface area contributed by atoms with E-state index in [1.165, 1.54) is 5.56 Å². The molecule has 18 heavy (non-hydrogen) atoms. The first-order chi connectivity index (χ1) is 8.84. The van der Waals surface area contributed by atoms with Gasteiger partial charge in [-0.15, -0.1) is 0 Å². The van der Waals surface area contributed by atoms with Gasteiger partial charge in [0.05, 0.1) is 6.61 Å². The highest BCUT2D eigenvalue weighted by atomic mass is 16.5. The number of rotatable bonds is 4. The summed E-state index contributed by atoms with van der Waals surface area (Å²) in [5.41, 5.74) is 2.31. The quantitative estimate of drug-likeness (QED) is 0.808. The lowest BCUT2D eigenvalue weighted by atomic mass is 10.2. The molecule has 0 bridgehead atoms. The van der Waals surface area contributed by atoms with Gasteiger partial charge in [-0.2, -0.15) is 0 Å². The van der Waals surface area contributed by atoms with E-state index in [4.69, 9.17) is 4.74 Å². The fourth-order valence-corrected chi connectivity index (χ4v) is 1.45. The first kappa shape index (κ1) is 14.2. The third-order valence-electron chi connectivity index (χ3n) is 2.37. The van der Waals surface area contributed by atoms with Crippen LogP contribution in [0.4, 0.5) is 0 Å². The Bertz CT molecular complexity index is 423. The Kier molecular flexibility index (Phi) is 6.55. The molecule has 96 valence electrons. The molecule has 2 nitrogen and oxygen atoms in total. The van der Waals surface area contributed by atoms with E-state index in [9.17, 15) is 0 Å². The molecular weight excluding hydrogens is 222 g/mol. The van der Waals surface area contributed by atoms with Crippen LogP contribution < -0.4 is 4.74 Å². The van der Waals surface area contributed by atoms with Crippen molar-refractivity contribution in [2.75, 3.05) is 6.61 Å². The molecule has 0 atom stereocenters. The monoisotopic (exact) mass is 243 g/mol. The summed E-state index contributed by atoms with van der Waals surface area (Å²) in [5, 5.41) is 0. The molecule has 2 aromatic rings. The van der Waals surface area contributed by atoms with Gasteiger partial charge < -0.3 is 4.74 Å². The number of benzene rings is 1. The number of pyridine rings is 1. The maximum Gasteiger partial charge on any atom is 0.119 e. The fraction of sp³-hybridized carbons (Fsp3) is 0.312. The molecule has 0 aliphatic carbocycles. The smallest absolute Gasteiger partial charge is 0.119 e. The summed E-state index contributed by atoms with van der Waals surface area (Å²) in [6.07, 6.45) is 2.65. The Hall–Kier alpha value is -1.83. The topological polar surface area (TPSA) is 22.1 Å². The van der Waals surface area contributed by atoms with Crippen molar-refractivity contribution in [3.8, 4) is 5.75 Å². The summed E-state index contributed by atoms with van der Waals surface area (Å²) in [4.78, 5) is 4.24. The molecule has 0 N–H and O–H groups in total. The summed E-state index contributed by atoms with van der Waals surface area (Å²) >= 11 is 0. The standard InChI is InChI=1S/C14H15NO.C2H6/c1-12-5-7-14(8-6-12)16-11-9-13-4-2-3-10-15-13;1-2/h2-8,10H,9,11H2,1H3;1-2H3. The van der Waals surface area contributed by atoms with E-state index in [0.717, 1.165) is 17.9 Å². The molecule has 0 fully saturated rings. The second-order valence-electron chi connectivity index (χ2n) is 3.73. The largest absolute Gasteiger partial charge is 0.493 e. The van der Waals surface area contributed by atoms with Crippen molar-refractivity contribution < 1.29 is 4.74 Å². The summed E-state index contributed by atoms with van der Waals surface area (Å²) in [7, 11) is 0. The number of aromatic nitrogens is 1. The molecule has 0 unspecified atom stereocenters. The summed E-state index contributed by atoms with van der Waals surface area (Å²) in [6, 6.07) is 14.0. The molecule has 2 rings (SSSR count). The molecule has 0 amide bonds. The van der Waals surface area contributed by atoms with Gasteiger partial charge in [0, 0.05) is 18.3 Å². The lowest BCUT2D eigenvalue weighted by molar-refractivity contribution is 0.320. The maximum absolute atomic E-state index is 5.62. The van der Waals surface area contributed by atoms with Crippen molar-refractivity contribution in [1.82, 2.24) is 4.98 Å². The Morgan fingerprint density at radius 1 is 1.00 bits per heavy atom. The van der Waals surface area contributed by atoms with Crippen molar-refractivity contribution in [2.45, 2.75) is 27.2 Å². The van der Waals surface area contributed by atoms with E-state index >= 15 is 0 Å². The van der Waals surface area contributed by atoms with E-state index < -0.39 is 0 Å². The number of nitrogens with zero attached hydrogens (tertiary/aromatic N) is 1. The minimum atomic E-state index is 0.667. The van der Waals surface area contributed by atoms with Crippen molar-refractivity contribution in [2.24, 2.45) is 0 Å². The van der Waals surface area contributed by atoms with Crippen LogP contribution in [0.25, 0.3) is 0 Å².